The minimum absolute atomic E-state index is 0.0252. The summed E-state index contributed by atoms with van der Waals surface area (Å²) in [6.07, 6.45) is 1.62. The van der Waals surface area contributed by atoms with E-state index in [4.69, 9.17) is 10.5 Å². The highest BCUT2D eigenvalue weighted by atomic mass is 32.2. The summed E-state index contributed by atoms with van der Waals surface area (Å²) in [6.45, 7) is 2.90. The molecule has 1 atom stereocenters. The van der Waals surface area contributed by atoms with Gasteiger partial charge in [-0.3, -0.25) is 0 Å². The van der Waals surface area contributed by atoms with Crippen LogP contribution in [0, 0.1) is 0 Å². The number of thiocarbonyl (C=S) groups is 1. The molecule has 1 saturated heterocycles. The Balaban J connectivity index is 2.62. The van der Waals surface area contributed by atoms with Gasteiger partial charge in [-0.2, -0.15) is 0 Å². The van der Waals surface area contributed by atoms with Gasteiger partial charge in [-0.1, -0.05) is 12.2 Å². The van der Waals surface area contributed by atoms with Crippen LogP contribution in [0.1, 0.15) is 19.8 Å². The number of ether oxygens (including phenoxy) is 1. The van der Waals surface area contributed by atoms with Gasteiger partial charge in [0.1, 0.15) is 5.75 Å². The second-order valence-corrected chi connectivity index (χ2v) is 6.29. The third-order valence-electron chi connectivity index (χ3n) is 2.17. The van der Waals surface area contributed by atoms with E-state index in [1.54, 1.807) is 0 Å². The van der Waals surface area contributed by atoms with Gasteiger partial charge in [-0.15, -0.1) is 0 Å². The van der Waals surface area contributed by atoms with Crippen molar-refractivity contribution in [3.63, 3.8) is 0 Å². The third kappa shape index (κ3) is 4.42. The minimum atomic E-state index is -3.44. The smallest absolute Gasteiger partial charge is 0.218 e. The first kappa shape index (κ1) is 12.8. The molecule has 0 aromatic heterocycles. The Labute approximate surface area is 95.4 Å². The molecule has 1 rings (SSSR count). The minimum Gasteiger partial charge on any atom is -0.392 e. The highest BCUT2D eigenvalue weighted by Crippen LogP contribution is 2.19. The predicted molar refractivity (Wildman–Crippen MR) is 62.2 cm³/mol. The van der Waals surface area contributed by atoms with Gasteiger partial charge in [-0.25, -0.2) is 13.1 Å². The maximum absolute atomic E-state index is 11.6. The average Bonchev–Trinajstić information content (AvgIpc) is 1.99. The van der Waals surface area contributed by atoms with Gasteiger partial charge < -0.3 is 10.5 Å². The van der Waals surface area contributed by atoms with Gasteiger partial charge in [0.15, 0.2) is 0 Å². The van der Waals surface area contributed by atoms with Crippen LogP contribution in [0.25, 0.3) is 0 Å². The molecule has 0 radical (unpaired) electrons. The molecule has 7 heteroatoms. The third-order valence-corrected chi connectivity index (χ3v) is 3.99. The van der Waals surface area contributed by atoms with Gasteiger partial charge in [0.2, 0.25) is 10.0 Å². The van der Waals surface area contributed by atoms with Crippen molar-refractivity contribution < 1.29 is 13.2 Å². The summed E-state index contributed by atoms with van der Waals surface area (Å²) in [7, 11) is -3.44. The van der Waals surface area contributed by atoms with Gasteiger partial charge in [0.25, 0.3) is 0 Å². The molecule has 1 fully saturated rings. The first-order valence-corrected chi connectivity index (χ1v) is 6.77. The summed E-state index contributed by atoms with van der Waals surface area (Å²) < 4.78 is 31.0. The molecule has 0 aromatic rings. The van der Waals surface area contributed by atoms with Crippen molar-refractivity contribution in [2.24, 2.45) is 5.73 Å². The zero-order valence-electron chi connectivity index (χ0n) is 8.65. The average molecular weight is 252 g/mol. The van der Waals surface area contributed by atoms with Crippen molar-refractivity contribution >= 4 is 27.2 Å². The Hall–Kier alpha value is -0.240. The molecule has 0 amide bonds. The Bertz CT molecular complexity index is 334. The van der Waals surface area contributed by atoms with Crippen molar-refractivity contribution in [3.8, 4) is 0 Å². The van der Waals surface area contributed by atoms with E-state index < -0.39 is 15.6 Å². The van der Waals surface area contributed by atoms with E-state index in [0.29, 0.717) is 13.2 Å². The van der Waals surface area contributed by atoms with E-state index in [1.165, 1.54) is 0 Å². The summed E-state index contributed by atoms with van der Waals surface area (Å²) in [6, 6.07) is 0. The van der Waals surface area contributed by atoms with Crippen LogP contribution in [0.15, 0.2) is 0 Å². The summed E-state index contributed by atoms with van der Waals surface area (Å²) in [5.74, 6) is -0.308. The Morgan fingerprint density at radius 2 is 2.33 bits per heavy atom. The molecule has 3 N–H and O–H groups in total. The van der Waals surface area contributed by atoms with Crippen LogP contribution in [-0.2, 0) is 14.8 Å². The number of hydrogen-bond acceptors (Lipinski definition) is 4. The molecular formula is C8H16N2O3S2. The lowest BCUT2D eigenvalue weighted by atomic mass is 9.97. The second-order valence-electron chi connectivity index (χ2n) is 4.04. The first-order valence-electron chi connectivity index (χ1n) is 4.71. The monoisotopic (exact) mass is 252 g/mol. The van der Waals surface area contributed by atoms with E-state index in [9.17, 15) is 8.42 Å². The van der Waals surface area contributed by atoms with Crippen LogP contribution in [-0.4, -0.2) is 37.9 Å². The van der Waals surface area contributed by atoms with Crippen LogP contribution >= 0.6 is 12.2 Å². The van der Waals surface area contributed by atoms with Gasteiger partial charge in [0, 0.05) is 6.61 Å². The predicted octanol–water partition coefficient (Wildman–Crippen LogP) is -0.239. The molecule has 5 nitrogen and oxygen atoms in total. The van der Waals surface area contributed by atoms with Crippen molar-refractivity contribution in [2.75, 3.05) is 19.0 Å². The van der Waals surface area contributed by atoms with E-state index in [2.05, 4.69) is 16.9 Å². The van der Waals surface area contributed by atoms with Crippen molar-refractivity contribution in [2.45, 2.75) is 25.3 Å². The molecule has 15 heavy (non-hydrogen) atoms. The van der Waals surface area contributed by atoms with Crippen LogP contribution < -0.4 is 10.5 Å². The molecular weight excluding hydrogens is 236 g/mol. The summed E-state index contributed by atoms with van der Waals surface area (Å²) in [4.78, 5) is -0.0252. The maximum atomic E-state index is 11.6. The lowest BCUT2D eigenvalue weighted by Crippen LogP contribution is -2.52. The van der Waals surface area contributed by atoms with Gasteiger partial charge in [-0.05, 0) is 19.8 Å². The molecule has 0 aliphatic carbocycles. The van der Waals surface area contributed by atoms with Crippen LogP contribution in [0.4, 0.5) is 0 Å². The topological polar surface area (TPSA) is 81.4 Å². The molecule has 0 aromatic carbocycles. The van der Waals surface area contributed by atoms with Gasteiger partial charge in [0.05, 0.1) is 17.1 Å². The fraction of sp³-hybridized carbons (Fsp3) is 0.875. The fourth-order valence-corrected chi connectivity index (χ4v) is 3.44. The van der Waals surface area contributed by atoms with E-state index in [1.807, 2.05) is 6.92 Å². The zero-order chi connectivity index (χ0) is 11.5. The largest absolute Gasteiger partial charge is 0.392 e. The van der Waals surface area contributed by atoms with Crippen molar-refractivity contribution in [1.29, 1.82) is 0 Å². The number of rotatable bonds is 4. The van der Waals surface area contributed by atoms with Crippen molar-refractivity contribution in [1.82, 2.24) is 4.72 Å². The quantitative estimate of drug-likeness (QED) is 0.675. The highest BCUT2D eigenvalue weighted by Gasteiger charge is 2.32. The number of sulfonamides is 1. The van der Waals surface area contributed by atoms with E-state index in [0.717, 1.165) is 12.8 Å². The van der Waals surface area contributed by atoms with Crippen molar-refractivity contribution in [3.05, 3.63) is 0 Å². The van der Waals surface area contributed by atoms with Crippen LogP contribution in [0.3, 0.4) is 0 Å². The molecule has 1 unspecified atom stereocenters. The Kier molecular flexibility index (Phi) is 4.05. The molecule has 0 saturated carbocycles. The summed E-state index contributed by atoms with van der Waals surface area (Å²) >= 11 is 4.58. The number of nitrogens with one attached hydrogen (secondary N) is 1. The Morgan fingerprint density at radius 1 is 1.67 bits per heavy atom. The SMILES string of the molecule is CC1(NS(=O)(=O)CC(N)=S)CCCOC1. The van der Waals surface area contributed by atoms with Crippen LogP contribution in [0.2, 0.25) is 0 Å². The molecule has 1 aliphatic rings. The zero-order valence-corrected chi connectivity index (χ0v) is 10.3. The lowest BCUT2D eigenvalue weighted by molar-refractivity contribution is 0.0387. The molecule has 1 heterocycles. The molecule has 1 aliphatic heterocycles. The molecule has 88 valence electrons. The fourth-order valence-electron chi connectivity index (χ4n) is 1.61. The Morgan fingerprint density at radius 3 is 2.80 bits per heavy atom. The molecule has 0 spiro atoms. The second kappa shape index (κ2) is 4.73. The van der Waals surface area contributed by atoms with Crippen LogP contribution in [0.5, 0.6) is 0 Å². The highest BCUT2D eigenvalue weighted by molar-refractivity contribution is 7.92. The number of hydrogen-bond donors (Lipinski definition) is 2. The molecule has 0 bridgehead atoms. The van der Waals surface area contributed by atoms with Gasteiger partial charge >= 0.3 is 0 Å². The maximum Gasteiger partial charge on any atom is 0.218 e. The van der Waals surface area contributed by atoms with E-state index in [-0.39, 0.29) is 10.7 Å². The summed E-state index contributed by atoms with van der Waals surface area (Å²) in [5, 5.41) is 0. The standard InChI is InChI=1S/C8H16N2O3S2/c1-8(3-2-4-13-6-8)10-15(11,12)5-7(9)14/h10H,2-6H2,1H3,(H2,9,14). The van der Waals surface area contributed by atoms with E-state index >= 15 is 0 Å². The summed E-state index contributed by atoms with van der Waals surface area (Å²) in [5.41, 5.74) is 4.68. The lowest BCUT2D eigenvalue weighted by Gasteiger charge is -2.33. The normalized spacial score (nSPS) is 27.5. The number of nitrogens with two attached hydrogens (primary N) is 1. The first-order chi connectivity index (χ1) is 6.83.